The molecule has 102 valence electrons. The lowest BCUT2D eigenvalue weighted by atomic mass is 10.4. The van der Waals surface area contributed by atoms with Crippen LogP contribution in [0.25, 0.3) is 0 Å². The minimum absolute atomic E-state index is 0.514. The monoisotopic (exact) mass is 322 g/mol. The van der Waals surface area contributed by atoms with Gasteiger partial charge in [0.05, 0.1) is 0 Å². The highest BCUT2D eigenvalue weighted by Gasteiger charge is 2.32. The predicted octanol–water partition coefficient (Wildman–Crippen LogP) is 1.96. The van der Waals surface area contributed by atoms with E-state index < -0.39 is 0 Å². The Balaban J connectivity index is 2.18. The van der Waals surface area contributed by atoms with Crippen LogP contribution in [0.2, 0.25) is 0 Å². The Hall–Kier alpha value is 0.400. The Morgan fingerprint density at radius 1 is 0.722 bits per heavy atom. The number of nitrogens with zero attached hydrogens (tertiary/aromatic N) is 4. The smallest absolute Gasteiger partial charge is 0.171 e. The van der Waals surface area contributed by atoms with Crippen LogP contribution in [0.4, 0.5) is 0 Å². The topological polar surface area (TPSA) is 13.0 Å². The Kier molecular flexibility index (Phi) is 5.52. The van der Waals surface area contributed by atoms with Crippen LogP contribution >= 0.6 is 49.7 Å². The molecule has 0 N–H and O–H groups in total. The molecule has 2 rings (SSSR count). The Morgan fingerprint density at radius 3 is 1.22 bits per heavy atom. The quantitative estimate of drug-likeness (QED) is 0.455. The summed E-state index contributed by atoms with van der Waals surface area (Å²) < 4.78 is 1.03. The zero-order chi connectivity index (χ0) is 13.1. The Morgan fingerprint density at radius 2 is 1.00 bits per heavy atom. The van der Waals surface area contributed by atoms with Crippen molar-refractivity contribution >= 4 is 58.3 Å². The van der Waals surface area contributed by atoms with Gasteiger partial charge in [-0.1, -0.05) is 0 Å². The number of hydrogen-bond acceptors (Lipinski definition) is 4. The van der Waals surface area contributed by atoms with Gasteiger partial charge in [0.15, 0.2) is 8.64 Å². The molecule has 0 unspecified atom stereocenters. The van der Waals surface area contributed by atoms with Gasteiger partial charge in [0.25, 0.3) is 0 Å². The molecule has 2 aliphatic rings. The maximum absolute atomic E-state index is 5.27. The van der Waals surface area contributed by atoms with Crippen LogP contribution in [0.5, 0.6) is 0 Å². The average Bonchev–Trinajstić information content (AvgIpc) is 2.97. The molecular formula is C10H18N4S4. The van der Waals surface area contributed by atoms with Gasteiger partial charge in [-0.15, -0.1) is 25.3 Å². The van der Waals surface area contributed by atoms with Crippen molar-refractivity contribution in [2.45, 2.75) is 25.7 Å². The van der Waals surface area contributed by atoms with Gasteiger partial charge in [0, 0.05) is 26.2 Å². The van der Waals surface area contributed by atoms with E-state index in [1.165, 1.54) is 25.7 Å². The molecule has 0 bridgehead atoms. The highest BCUT2D eigenvalue weighted by molar-refractivity contribution is 8.11. The first-order valence-electron chi connectivity index (χ1n) is 6.17. The average molecular weight is 323 g/mol. The van der Waals surface area contributed by atoms with Crippen LogP contribution in [-0.4, -0.2) is 55.1 Å². The fourth-order valence-electron chi connectivity index (χ4n) is 2.42. The minimum atomic E-state index is 0.514. The first-order chi connectivity index (χ1) is 8.61. The summed E-state index contributed by atoms with van der Waals surface area (Å²) in [7, 11) is 0. The lowest BCUT2D eigenvalue weighted by molar-refractivity contribution is -0.163. The standard InChI is InChI=1S/C10H18N4S4/c15-9(16)13(11-5-1-2-6-11)14(10(17)18)12-7-3-4-8-12/h1-8H2,(H,15,16)(H,17,18). The molecule has 0 aromatic heterocycles. The number of thiol groups is 2. The summed E-state index contributed by atoms with van der Waals surface area (Å²) >= 11 is 19.2. The van der Waals surface area contributed by atoms with Crippen molar-refractivity contribution in [1.29, 1.82) is 0 Å². The summed E-state index contributed by atoms with van der Waals surface area (Å²) in [6, 6.07) is 0. The molecule has 0 atom stereocenters. The first kappa shape index (κ1) is 14.8. The maximum Gasteiger partial charge on any atom is 0.171 e. The zero-order valence-electron chi connectivity index (χ0n) is 10.2. The van der Waals surface area contributed by atoms with Crippen molar-refractivity contribution in [3.05, 3.63) is 0 Å². The third-order valence-electron chi connectivity index (χ3n) is 3.22. The van der Waals surface area contributed by atoms with Crippen molar-refractivity contribution in [3.63, 3.8) is 0 Å². The number of hydrazine groups is 3. The molecule has 0 saturated carbocycles. The SMILES string of the molecule is S=C(S)N(N1CCCC1)N(C(=S)S)N1CCCC1. The second-order valence-corrected chi connectivity index (χ2v) is 6.69. The van der Waals surface area contributed by atoms with Gasteiger partial charge in [0.1, 0.15) is 0 Å². The zero-order valence-corrected chi connectivity index (χ0v) is 13.6. The normalized spacial score (nSPS) is 21.2. The van der Waals surface area contributed by atoms with Crippen molar-refractivity contribution in [3.8, 4) is 0 Å². The van der Waals surface area contributed by atoms with Crippen LogP contribution < -0.4 is 0 Å². The molecule has 0 aliphatic carbocycles. The first-order valence-corrected chi connectivity index (χ1v) is 7.88. The van der Waals surface area contributed by atoms with Crippen LogP contribution in [0.3, 0.4) is 0 Å². The Bertz CT molecular complexity index is 294. The number of hydrogen-bond donors (Lipinski definition) is 2. The second kappa shape index (κ2) is 6.71. The van der Waals surface area contributed by atoms with Crippen LogP contribution in [0.15, 0.2) is 0 Å². The summed E-state index contributed by atoms with van der Waals surface area (Å²) in [6.45, 7) is 3.95. The van der Waals surface area contributed by atoms with E-state index in [-0.39, 0.29) is 0 Å². The molecule has 0 aromatic carbocycles. The number of rotatable bonds is 2. The maximum atomic E-state index is 5.27. The third kappa shape index (κ3) is 3.29. The van der Waals surface area contributed by atoms with Crippen LogP contribution in [0.1, 0.15) is 25.7 Å². The summed E-state index contributed by atoms with van der Waals surface area (Å²) in [5, 5.41) is 8.17. The highest BCUT2D eigenvalue weighted by atomic mass is 32.1. The van der Waals surface area contributed by atoms with Crippen molar-refractivity contribution in [2.75, 3.05) is 26.2 Å². The van der Waals surface area contributed by atoms with E-state index in [0.29, 0.717) is 8.64 Å². The van der Waals surface area contributed by atoms with Gasteiger partial charge in [-0.3, -0.25) is 0 Å². The second-order valence-electron chi connectivity index (χ2n) is 4.47. The molecule has 2 heterocycles. The van der Waals surface area contributed by atoms with Crippen molar-refractivity contribution in [2.24, 2.45) is 0 Å². The van der Waals surface area contributed by atoms with E-state index in [0.717, 1.165) is 26.2 Å². The lowest BCUT2D eigenvalue weighted by Gasteiger charge is -2.44. The van der Waals surface area contributed by atoms with E-state index in [4.69, 9.17) is 24.4 Å². The molecule has 18 heavy (non-hydrogen) atoms. The molecule has 0 radical (unpaired) electrons. The summed E-state index contributed by atoms with van der Waals surface area (Å²) in [6.07, 6.45) is 4.72. The van der Waals surface area contributed by atoms with Gasteiger partial charge in [-0.2, -0.15) is 20.3 Å². The third-order valence-corrected chi connectivity index (χ3v) is 3.91. The molecule has 4 nitrogen and oxygen atoms in total. The lowest BCUT2D eigenvalue weighted by Crippen LogP contribution is -2.60. The van der Waals surface area contributed by atoms with E-state index in [9.17, 15) is 0 Å². The fourth-order valence-corrected chi connectivity index (χ4v) is 3.23. The molecule has 0 spiro atoms. The van der Waals surface area contributed by atoms with Gasteiger partial charge in [-0.25, -0.2) is 0 Å². The largest absolute Gasteiger partial charge is 0.199 e. The van der Waals surface area contributed by atoms with Crippen LogP contribution in [0, 0.1) is 0 Å². The summed E-state index contributed by atoms with van der Waals surface area (Å²) in [4.78, 5) is 0. The van der Waals surface area contributed by atoms with E-state index in [1.807, 2.05) is 10.2 Å². The molecule has 2 aliphatic heterocycles. The van der Waals surface area contributed by atoms with Gasteiger partial charge in [-0.05, 0) is 50.1 Å². The van der Waals surface area contributed by atoms with Gasteiger partial charge >= 0.3 is 0 Å². The van der Waals surface area contributed by atoms with E-state index >= 15 is 0 Å². The van der Waals surface area contributed by atoms with Crippen LogP contribution in [-0.2, 0) is 0 Å². The molecular weight excluding hydrogens is 304 g/mol. The summed E-state index contributed by atoms with van der Waals surface area (Å²) in [5.74, 6) is 0. The minimum Gasteiger partial charge on any atom is -0.199 e. The molecule has 0 aromatic rings. The van der Waals surface area contributed by atoms with E-state index in [2.05, 4.69) is 35.3 Å². The van der Waals surface area contributed by atoms with Gasteiger partial charge < -0.3 is 0 Å². The fraction of sp³-hybridized carbons (Fsp3) is 0.800. The summed E-state index contributed by atoms with van der Waals surface area (Å²) in [5.41, 5.74) is 0. The van der Waals surface area contributed by atoms with E-state index in [1.54, 1.807) is 0 Å². The van der Waals surface area contributed by atoms with Gasteiger partial charge in [0.2, 0.25) is 0 Å². The molecule has 2 fully saturated rings. The van der Waals surface area contributed by atoms with Crippen molar-refractivity contribution < 1.29 is 0 Å². The highest BCUT2D eigenvalue weighted by Crippen LogP contribution is 2.22. The molecule has 0 amide bonds. The van der Waals surface area contributed by atoms with Crippen molar-refractivity contribution in [1.82, 2.24) is 20.3 Å². The predicted molar refractivity (Wildman–Crippen MR) is 88.5 cm³/mol. The Labute approximate surface area is 130 Å². The molecule has 8 heteroatoms. The molecule has 2 saturated heterocycles. The number of thiocarbonyl (C=S) groups is 2.